The molecule has 0 aliphatic heterocycles. The molecule has 0 nitrogen and oxygen atoms in total. The van der Waals surface area contributed by atoms with Crippen molar-refractivity contribution in [2.24, 2.45) is 46.3 Å². The lowest BCUT2D eigenvalue weighted by molar-refractivity contribution is -0.107. The van der Waals surface area contributed by atoms with Gasteiger partial charge in [0.15, 0.2) is 6.71 Å². The van der Waals surface area contributed by atoms with E-state index in [9.17, 15) is 0 Å². The van der Waals surface area contributed by atoms with Crippen molar-refractivity contribution in [1.29, 1.82) is 0 Å². The van der Waals surface area contributed by atoms with Gasteiger partial charge < -0.3 is 0 Å². The predicted molar refractivity (Wildman–Crippen MR) is 111 cm³/mol. The lowest BCUT2D eigenvalue weighted by Gasteiger charge is -2.66. The zero-order valence-electron chi connectivity index (χ0n) is 17.9. The van der Waals surface area contributed by atoms with Crippen LogP contribution >= 0.6 is 0 Å². The summed E-state index contributed by atoms with van der Waals surface area (Å²) in [6.07, 6.45) is 12.3. The predicted octanol–water partition coefficient (Wildman–Crippen LogP) is 7.20. The van der Waals surface area contributed by atoms with Gasteiger partial charge in [0, 0.05) is 0 Å². The number of hydrogen-bond donors (Lipinski definition) is 0. The molecule has 0 amide bonds. The Labute approximate surface area is 157 Å². The first-order valence-electron chi connectivity index (χ1n) is 11.3. The molecule has 6 aliphatic rings. The fourth-order valence-corrected chi connectivity index (χ4v) is 8.47. The summed E-state index contributed by atoms with van der Waals surface area (Å²) in [6.45, 7) is 18.6. The first-order valence-corrected chi connectivity index (χ1v) is 11.3. The van der Waals surface area contributed by atoms with Crippen molar-refractivity contribution in [3.63, 3.8) is 0 Å². The fourth-order valence-electron chi connectivity index (χ4n) is 8.47. The molecule has 25 heavy (non-hydrogen) atoms. The highest BCUT2D eigenvalue weighted by atomic mass is 14.6. The first kappa shape index (κ1) is 18.2. The van der Waals surface area contributed by atoms with Gasteiger partial charge in [-0.25, -0.2) is 0 Å². The van der Waals surface area contributed by atoms with E-state index in [1.165, 1.54) is 32.0 Å². The molecule has 0 aromatic carbocycles. The third-order valence-corrected chi connectivity index (χ3v) is 10.6. The van der Waals surface area contributed by atoms with Crippen molar-refractivity contribution in [2.75, 3.05) is 0 Å². The molecule has 0 radical (unpaired) electrons. The number of allylic oxidation sites excluding steroid dienone is 2. The summed E-state index contributed by atoms with van der Waals surface area (Å²) in [5, 5.41) is 0. The van der Waals surface area contributed by atoms with Gasteiger partial charge in [0.05, 0.1) is 0 Å². The highest BCUT2D eigenvalue weighted by Crippen LogP contribution is 2.69. The SMILES string of the molecule is C/C=C\CB([C@H]1C[C@@H]2C[C@H]([C@H]1C)C2(C)C)[C@H]1C[C@@H]2C[C@H]([C@H]1C)C2(C)C. The van der Waals surface area contributed by atoms with Gasteiger partial charge in [-0.2, -0.15) is 0 Å². The van der Waals surface area contributed by atoms with Gasteiger partial charge in [-0.15, -0.1) is 0 Å². The van der Waals surface area contributed by atoms with Crippen molar-refractivity contribution < 1.29 is 0 Å². The molecule has 6 fully saturated rings. The minimum Gasteiger partial charge on any atom is -0.0960 e. The maximum Gasteiger partial charge on any atom is 0.150 e. The number of fused-ring (bicyclic) bond motifs is 4. The van der Waals surface area contributed by atoms with Crippen LogP contribution in [0.3, 0.4) is 0 Å². The summed E-state index contributed by atoms with van der Waals surface area (Å²) >= 11 is 0. The van der Waals surface area contributed by atoms with Crippen LogP contribution in [-0.2, 0) is 0 Å². The molecule has 0 spiro atoms. The Balaban J connectivity index is 1.56. The van der Waals surface area contributed by atoms with E-state index in [0.29, 0.717) is 10.8 Å². The van der Waals surface area contributed by atoms with Gasteiger partial charge in [-0.1, -0.05) is 84.5 Å². The van der Waals surface area contributed by atoms with Crippen molar-refractivity contribution in [3.8, 4) is 0 Å². The van der Waals surface area contributed by atoms with Crippen molar-refractivity contribution in [2.45, 2.75) is 92.1 Å². The van der Waals surface area contributed by atoms with Crippen LogP contribution in [0, 0.1) is 46.3 Å². The summed E-state index contributed by atoms with van der Waals surface area (Å²) < 4.78 is 0. The second-order valence-corrected chi connectivity index (χ2v) is 11.7. The Kier molecular flexibility index (Phi) is 4.29. The molecule has 6 saturated carbocycles. The van der Waals surface area contributed by atoms with Gasteiger partial charge in [0.1, 0.15) is 0 Å². The van der Waals surface area contributed by atoms with Gasteiger partial charge in [-0.3, -0.25) is 0 Å². The van der Waals surface area contributed by atoms with E-state index in [4.69, 9.17) is 0 Å². The number of hydrogen-bond acceptors (Lipinski definition) is 0. The lowest BCUT2D eigenvalue weighted by atomic mass is 9.20. The minimum absolute atomic E-state index is 0.628. The molecule has 6 rings (SSSR count). The summed E-state index contributed by atoms with van der Waals surface area (Å²) in [7, 11) is 0. The quantitative estimate of drug-likeness (QED) is 0.375. The van der Waals surface area contributed by atoms with Gasteiger partial charge in [-0.05, 0) is 66.1 Å². The molecule has 0 N–H and O–H groups in total. The summed E-state index contributed by atoms with van der Waals surface area (Å²) in [5.41, 5.74) is 1.26. The van der Waals surface area contributed by atoms with Crippen LogP contribution in [0.5, 0.6) is 0 Å². The Hall–Kier alpha value is -0.195. The highest BCUT2D eigenvalue weighted by Gasteiger charge is 2.61. The van der Waals surface area contributed by atoms with E-state index in [2.05, 4.69) is 60.6 Å². The third kappa shape index (κ3) is 2.46. The van der Waals surface area contributed by atoms with E-state index in [-0.39, 0.29) is 0 Å². The molecule has 0 unspecified atom stereocenters. The number of rotatable bonds is 4. The Bertz CT molecular complexity index is 502. The van der Waals surface area contributed by atoms with Crippen LogP contribution in [0.2, 0.25) is 18.0 Å². The average molecular weight is 340 g/mol. The smallest absolute Gasteiger partial charge is 0.0960 e. The zero-order valence-corrected chi connectivity index (χ0v) is 17.9. The van der Waals surface area contributed by atoms with Crippen LogP contribution < -0.4 is 0 Å². The van der Waals surface area contributed by atoms with E-state index in [1.807, 2.05) is 0 Å². The molecule has 4 bridgehead atoms. The second kappa shape index (κ2) is 5.90. The second-order valence-electron chi connectivity index (χ2n) is 11.7. The van der Waals surface area contributed by atoms with Gasteiger partial charge >= 0.3 is 0 Å². The van der Waals surface area contributed by atoms with E-state index < -0.39 is 0 Å². The van der Waals surface area contributed by atoms with Gasteiger partial charge in [0.25, 0.3) is 0 Å². The van der Waals surface area contributed by atoms with Crippen LogP contribution in [-0.4, -0.2) is 6.71 Å². The summed E-state index contributed by atoms with van der Waals surface area (Å²) in [4.78, 5) is 0. The third-order valence-electron chi connectivity index (χ3n) is 10.6. The first-order chi connectivity index (χ1) is 11.7. The van der Waals surface area contributed by atoms with Crippen molar-refractivity contribution >= 4 is 6.71 Å². The van der Waals surface area contributed by atoms with E-state index in [0.717, 1.165) is 53.9 Å². The minimum atomic E-state index is 0.628. The Morgan fingerprint density at radius 2 is 1.24 bits per heavy atom. The topological polar surface area (TPSA) is 0 Å². The molecule has 0 saturated heterocycles. The van der Waals surface area contributed by atoms with Crippen molar-refractivity contribution in [1.82, 2.24) is 0 Å². The zero-order chi connectivity index (χ0) is 18.1. The monoisotopic (exact) mass is 340 g/mol. The molecule has 8 atom stereocenters. The normalized spacial score (nSPS) is 49.4. The molecule has 140 valence electrons. The fraction of sp³-hybridized carbons (Fsp3) is 0.917. The van der Waals surface area contributed by atoms with E-state index >= 15 is 0 Å². The molecule has 6 aliphatic carbocycles. The molecular formula is C24H41B. The van der Waals surface area contributed by atoms with Crippen LogP contribution in [0.15, 0.2) is 12.2 Å². The maximum atomic E-state index is 2.62. The highest BCUT2D eigenvalue weighted by molar-refractivity contribution is 6.62. The summed E-state index contributed by atoms with van der Waals surface area (Å²) in [6, 6.07) is 0. The standard InChI is InChI=1S/C24H41B/c1-8-9-10-25(21-13-17-11-19(15(21)2)23(17,4)5)22-14-18-12-20(16(22)3)24(18,6)7/h8-9,15-22H,10-14H2,1-7H3/b9-8-/t15-,16-,17+,18+,19-,20-,21+,22+/m1/s1. The molecule has 0 aromatic heterocycles. The Morgan fingerprint density at radius 3 is 1.56 bits per heavy atom. The average Bonchev–Trinajstić information content (AvgIpc) is 2.56. The van der Waals surface area contributed by atoms with E-state index in [1.54, 1.807) is 0 Å². The lowest BCUT2D eigenvalue weighted by Crippen LogP contribution is -2.59. The van der Waals surface area contributed by atoms with Gasteiger partial charge in [0.2, 0.25) is 0 Å². The maximum absolute atomic E-state index is 2.62. The molecule has 0 aromatic rings. The van der Waals surface area contributed by atoms with Crippen LogP contribution in [0.25, 0.3) is 0 Å². The molecule has 1 heteroatoms. The molecular weight excluding hydrogens is 299 g/mol. The van der Waals surface area contributed by atoms with Crippen molar-refractivity contribution in [3.05, 3.63) is 12.2 Å². The summed E-state index contributed by atoms with van der Waals surface area (Å²) in [5.74, 6) is 7.86. The largest absolute Gasteiger partial charge is 0.150 e. The van der Waals surface area contributed by atoms with Crippen LogP contribution in [0.1, 0.15) is 74.1 Å². The Morgan fingerprint density at radius 1 is 0.800 bits per heavy atom. The van der Waals surface area contributed by atoms with Crippen LogP contribution in [0.4, 0.5) is 0 Å². The molecule has 0 heterocycles.